The molecule has 0 bridgehead atoms. The molecule has 5 nitrogen and oxygen atoms in total. The second-order valence-electron chi connectivity index (χ2n) is 5.16. The molecule has 0 atom stereocenters. The Kier molecular flexibility index (Phi) is 3.78. The smallest absolute Gasteiger partial charge is 0.272 e. The number of carbonyl (C=O) groups is 1. The van der Waals surface area contributed by atoms with Gasteiger partial charge in [-0.05, 0) is 31.2 Å². The number of hydrogen-bond acceptors (Lipinski definition) is 3. The van der Waals surface area contributed by atoms with Crippen LogP contribution in [0.3, 0.4) is 0 Å². The molecular formula is C17H17N3O2. The molecule has 0 N–H and O–H groups in total. The van der Waals surface area contributed by atoms with Gasteiger partial charge < -0.3 is 9.32 Å². The molecule has 112 valence electrons. The SMILES string of the molecule is Cc1ccc(CN(C)C(=O)c2cncn2-c2ccccc2)o1. The molecule has 0 saturated carbocycles. The van der Waals surface area contributed by atoms with Crippen molar-refractivity contribution in [2.45, 2.75) is 13.5 Å². The van der Waals surface area contributed by atoms with Crippen molar-refractivity contribution in [2.24, 2.45) is 0 Å². The Bertz CT molecular complexity index is 774. The van der Waals surface area contributed by atoms with Gasteiger partial charge in [0.05, 0.1) is 19.1 Å². The summed E-state index contributed by atoms with van der Waals surface area (Å²) in [6, 6.07) is 13.4. The van der Waals surface area contributed by atoms with E-state index in [4.69, 9.17) is 4.42 Å². The van der Waals surface area contributed by atoms with Gasteiger partial charge in [-0.2, -0.15) is 0 Å². The zero-order chi connectivity index (χ0) is 15.5. The standard InChI is InChI=1S/C17H17N3O2/c1-13-8-9-15(22-13)11-19(2)17(21)16-10-18-12-20(16)14-6-4-3-5-7-14/h3-10,12H,11H2,1-2H3. The summed E-state index contributed by atoms with van der Waals surface area (Å²) in [5.41, 5.74) is 1.43. The van der Waals surface area contributed by atoms with E-state index in [1.54, 1.807) is 29.0 Å². The first-order valence-electron chi connectivity index (χ1n) is 7.03. The van der Waals surface area contributed by atoms with Crippen LogP contribution in [-0.2, 0) is 6.54 Å². The minimum atomic E-state index is -0.101. The van der Waals surface area contributed by atoms with E-state index in [0.717, 1.165) is 17.2 Å². The molecule has 3 aromatic rings. The third kappa shape index (κ3) is 2.79. The normalized spacial score (nSPS) is 10.6. The fourth-order valence-electron chi connectivity index (χ4n) is 2.32. The number of carbonyl (C=O) groups excluding carboxylic acids is 1. The Hall–Kier alpha value is -2.82. The van der Waals surface area contributed by atoms with Gasteiger partial charge in [0.2, 0.25) is 0 Å². The molecule has 0 aliphatic heterocycles. The third-order valence-corrected chi connectivity index (χ3v) is 3.43. The zero-order valence-corrected chi connectivity index (χ0v) is 12.6. The lowest BCUT2D eigenvalue weighted by Crippen LogP contribution is -2.27. The summed E-state index contributed by atoms with van der Waals surface area (Å²) in [5.74, 6) is 1.50. The van der Waals surface area contributed by atoms with Gasteiger partial charge in [-0.25, -0.2) is 4.98 Å². The molecule has 0 aliphatic carbocycles. The van der Waals surface area contributed by atoms with Crippen molar-refractivity contribution in [2.75, 3.05) is 7.05 Å². The van der Waals surface area contributed by atoms with E-state index >= 15 is 0 Å². The molecule has 5 heteroatoms. The van der Waals surface area contributed by atoms with Gasteiger partial charge in [0, 0.05) is 12.7 Å². The maximum atomic E-state index is 12.6. The summed E-state index contributed by atoms with van der Waals surface area (Å²) in [5, 5.41) is 0. The first-order chi connectivity index (χ1) is 10.6. The van der Waals surface area contributed by atoms with E-state index in [2.05, 4.69) is 4.98 Å². The molecule has 2 aromatic heterocycles. The van der Waals surface area contributed by atoms with Crippen LogP contribution in [0.5, 0.6) is 0 Å². The minimum Gasteiger partial charge on any atom is -0.464 e. The van der Waals surface area contributed by atoms with Gasteiger partial charge in [-0.3, -0.25) is 9.36 Å². The molecule has 22 heavy (non-hydrogen) atoms. The molecular weight excluding hydrogens is 278 g/mol. The highest BCUT2D eigenvalue weighted by Crippen LogP contribution is 2.14. The summed E-state index contributed by atoms with van der Waals surface area (Å²) in [6.07, 6.45) is 3.23. The number of aryl methyl sites for hydroxylation is 1. The first kappa shape index (κ1) is 14.1. The largest absolute Gasteiger partial charge is 0.464 e. The van der Waals surface area contributed by atoms with E-state index in [1.807, 2.05) is 49.4 Å². The van der Waals surface area contributed by atoms with Crippen LogP contribution < -0.4 is 0 Å². The summed E-state index contributed by atoms with van der Waals surface area (Å²) < 4.78 is 7.30. The predicted molar refractivity (Wildman–Crippen MR) is 82.8 cm³/mol. The number of nitrogens with zero attached hydrogens (tertiary/aromatic N) is 3. The van der Waals surface area contributed by atoms with E-state index in [-0.39, 0.29) is 5.91 Å². The monoisotopic (exact) mass is 295 g/mol. The lowest BCUT2D eigenvalue weighted by molar-refractivity contribution is 0.0767. The molecule has 0 fully saturated rings. The highest BCUT2D eigenvalue weighted by molar-refractivity contribution is 5.92. The Labute approximate surface area is 128 Å². The average molecular weight is 295 g/mol. The highest BCUT2D eigenvalue weighted by Gasteiger charge is 2.18. The van der Waals surface area contributed by atoms with Gasteiger partial charge in [0.1, 0.15) is 17.2 Å². The average Bonchev–Trinajstić information content (AvgIpc) is 3.16. The number of imidazole rings is 1. The van der Waals surface area contributed by atoms with Crippen LogP contribution in [-0.4, -0.2) is 27.4 Å². The van der Waals surface area contributed by atoms with Crippen molar-refractivity contribution in [1.29, 1.82) is 0 Å². The van der Waals surface area contributed by atoms with Gasteiger partial charge in [-0.15, -0.1) is 0 Å². The van der Waals surface area contributed by atoms with Gasteiger partial charge >= 0.3 is 0 Å². The second-order valence-corrected chi connectivity index (χ2v) is 5.16. The molecule has 1 aromatic carbocycles. The summed E-state index contributed by atoms with van der Waals surface area (Å²) in [6.45, 7) is 2.31. The Morgan fingerprint density at radius 1 is 1.23 bits per heavy atom. The lowest BCUT2D eigenvalue weighted by Gasteiger charge is -2.16. The van der Waals surface area contributed by atoms with E-state index in [0.29, 0.717) is 12.2 Å². The van der Waals surface area contributed by atoms with Crippen molar-refractivity contribution in [1.82, 2.24) is 14.5 Å². The first-order valence-corrected chi connectivity index (χ1v) is 7.03. The van der Waals surface area contributed by atoms with E-state index in [9.17, 15) is 4.79 Å². The highest BCUT2D eigenvalue weighted by atomic mass is 16.3. The quantitative estimate of drug-likeness (QED) is 0.743. The van der Waals surface area contributed by atoms with Crippen LogP contribution in [0.25, 0.3) is 5.69 Å². The molecule has 0 unspecified atom stereocenters. The Morgan fingerprint density at radius 2 is 2.00 bits per heavy atom. The second kappa shape index (κ2) is 5.89. The summed E-state index contributed by atoms with van der Waals surface area (Å²) in [4.78, 5) is 18.4. The van der Waals surface area contributed by atoms with Crippen LogP contribution >= 0.6 is 0 Å². The lowest BCUT2D eigenvalue weighted by atomic mass is 10.3. The predicted octanol–water partition coefficient (Wildman–Crippen LogP) is 3.05. The fraction of sp³-hybridized carbons (Fsp3) is 0.176. The molecule has 1 amide bonds. The number of furan rings is 1. The topological polar surface area (TPSA) is 51.3 Å². The molecule has 3 rings (SSSR count). The van der Waals surface area contributed by atoms with Gasteiger partial charge in [0.25, 0.3) is 5.91 Å². The third-order valence-electron chi connectivity index (χ3n) is 3.43. The van der Waals surface area contributed by atoms with Crippen LogP contribution in [0.2, 0.25) is 0 Å². The summed E-state index contributed by atoms with van der Waals surface area (Å²) in [7, 11) is 1.75. The van der Waals surface area contributed by atoms with Crippen LogP contribution in [0.1, 0.15) is 22.0 Å². The molecule has 0 spiro atoms. The number of benzene rings is 1. The Morgan fingerprint density at radius 3 is 2.68 bits per heavy atom. The zero-order valence-electron chi connectivity index (χ0n) is 12.6. The molecule has 0 radical (unpaired) electrons. The van der Waals surface area contributed by atoms with Crippen LogP contribution in [0, 0.1) is 6.92 Å². The van der Waals surface area contributed by atoms with Crippen molar-refractivity contribution >= 4 is 5.91 Å². The molecule has 0 aliphatic rings. The van der Waals surface area contributed by atoms with E-state index in [1.165, 1.54) is 0 Å². The van der Waals surface area contributed by atoms with Crippen LogP contribution in [0.4, 0.5) is 0 Å². The van der Waals surface area contributed by atoms with Crippen molar-refractivity contribution in [3.63, 3.8) is 0 Å². The number of aromatic nitrogens is 2. The van der Waals surface area contributed by atoms with Crippen molar-refractivity contribution in [3.8, 4) is 5.69 Å². The van der Waals surface area contributed by atoms with E-state index < -0.39 is 0 Å². The molecule has 2 heterocycles. The summed E-state index contributed by atoms with van der Waals surface area (Å²) >= 11 is 0. The Balaban J connectivity index is 1.82. The number of rotatable bonds is 4. The van der Waals surface area contributed by atoms with Gasteiger partial charge in [0.15, 0.2) is 0 Å². The maximum absolute atomic E-state index is 12.6. The minimum absolute atomic E-state index is 0.101. The number of amides is 1. The number of hydrogen-bond donors (Lipinski definition) is 0. The van der Waals surface area contributed by atoms with Crippen molar-refractivity contribution < 1.29 is 9.21 Å². The van der Waals surface area contributed by atoms with Crippen LogP contribution in [0.15, 0.2) is 59.4 Å². The fourth-order valence-corrected chi connectivity index (χ4v) is 2.32. The number of para-hydroxylation sites is 1. The van der Waals surface area contributed by atoms with Crippen molar-refractivity contribution in [3.05, 3.63) is 72.2 Å². The molecule has 0 saturated heterocycles. The van der Waals surface area contributed by atoms with Gasteiger partial charge in [-0.1, -0.05) is 18.2 Å². The maximum Gasteiger partial charge on any atom is 0.272 e.